The first kappa shape index (κ1) is 16.8. The predicted molar refractivity (Wildman–Crippen MR) is 88.1 cm³/mol. The van der Waals surface area contributed by atoms with Crippen molar-refractivity contribution in [2.24, 2.45) is 5.73 Å². The highest BCUT2D eigenvalue weighted by molar-refractivity contribution is 5.97. The normalized spacial score (nSPS) is 9.88. The molecule has 124 valence electrons. The van der Waals surface area contributed by atoms with Crippen LogP contribution in [-0.4, -0.2) is 30.3 Å². The average Bonchev–Trinajstić information content (AvgIpc) is 2.55. The molecule has 0 spiro atoms. The highest BCUT2D eigenvalue weighted by Crippen LogP contribution is 2.29. The molecular formula is C16H15N3O5. The van der Waals surface area contributed by atoms with E-state index in [1.54, 1.807) is 30.3 Å². The van der Waals surface area contributed by atoms with E-state index in [-0.39, 0.29) is 11.4 Å². The molecular weight excluding hydrogens is 314 g/mol. The summed E-state index contributed by atoms with van der Waals surface area (Å²) in [5, 5.41) is 13.4. The Kier molecular flexibility index (Phi) is 5.00. The molecule has 0 saturated carbocycles. The van der Waals surface area contributed by atoms with E-state index in [0.29, 0.717) is 16.7 Å². The maximum atomic E-state index is 11.6. The van der Waals surface area contributed by atoms with Gasteiger partial charge >= 0.3 is 18.1 Å². The van der Waals surface area contributed by atoms with Crippen molar-refractivity contribution in [2.75, 3.05) is 17.7 Å². The summed E-state index contributed by atoms with van der Waals surface area (Å²) < 4.78 is 4.68. The third-order valence-electron chi connectivity index (χ3n) is 3.14. The summed E-state index contributed by atoms with van der Waals surface area (Å²) in [6.07, 6.45) is -1.29. The van der Waals surface area contributed by atoms with Crippen molar-refractivity contribution in [3.63, 3.8) is 0 Å². The summed E-state index contributed by atoms with van der Waals surface area (Å²) >= 11 is 0. The van der Waals surface area contributed by atoms with Gasteiger partial charge in [-0.25, -0.2) is 14.4 Å². The SMILES string of the molecule is COC(=O)c1cccc(-c2ccc(NC(N)=O)c(NC(=O)O)c2)c1. The Morgan fingerprint density at radius 3 is 2.33 bits per heavy atom. The minimum atomic E-state index is -1.29. The molecule has 0 heterocycles. The van der Waals surface area contributed by atoms with Crippen molar-refractivity contribution in [1.29, 1.82) is 0 Å². The molecule has 0 aliphatic rings. The van der Waals surface area contributed by atoms with E-state index >= 15 is 0 Å². The van der Waals surface area contributed by atoms with Gasteiger partial charge in [0.1, 0.15) is 0 Å². The second-order valence-corrected chi connectivity index (χ2v) is 4.75. The van der Waals surface area contributed by atoms with E-state index in [1.807, 2.05) is 0 Å². The predicted octanol–water partition coefficient (Wildman–Crippen LogP) is 2.72. The Balaban J connectivity index is 2.45. The first-order chi connectivity index (χ1) is 11.4. The first-order valence-corrected chi connectivity index (χ1v) is 6.80. The van der Waals surface area contributed by atoms with Gasteiger partial charge in [-0.2, -0.15) is 0 Å². The van der Waals surface area contributed by atoms with Crippen molar-refractivity contribution in [1.82, 2.24) is 0 Å². The third-order valence-corrected chi connectivity index (χ3v) is 3.14. The van der Waals surface area contributed by atoms with Crippen molar-refractivity contribution in [3.8, 4) is 11.1 Å². The number of nitrogens with two attached hydrogens (primary N) is 1. The van der Waals surface area contributed by atoms with Gasteiger partial charge in [0.05, 0.1) is 24.0 Å². The van der Waals surface area contributed by atoms with Gasteiger partial charge in [0.25, 0.3) is 0 Å². The van der Waals surface area contributed by atoms with Crippen molar-refractivity contribution in [3.05, 3.63) is 48.0 Å². The van der Waals surface area contributed by atoms with E-state index in [4.69, 9.17) is 10.8 Å². The summed E-state index contributed by atoms with van der Waals surface area (Å²) in [5.41, 5.74) is 7.12. The number of carbonyl (C=O) groups excluding carboxylic acids is 2. The number of hydrogen-bond donors (Lipinski definition) is 4. The lowest BCUT2D eigenvalue weighted by molar-refractivity contribution is 0.0600. The molecule has 8 heteroatoms. The van der Waals surface area contributed by atoms with Crippen LogP contribution in [0.4, 0.5) is 21.0 Å². The number of primary amides is 1. The third kappa shape index (κ3) is 4.01. The number of benzene rings is 2. The minimum absolute atomic E-state index is 0.155. The molecule has 0 fully saturated rings. The summed E-state index contributed by atoms with van der Waals surface area (Å²) in [7, 11) is 1.29. The molecule has 8 nitrogen and oxygen atoms in total. The molecule has 0 atom stereocenters. The lowest BCUT2D eigenvalue weighted by Gasteiger charge is -2.12. The topological polar surface area (TPSA) is 131 Å². The van der Waals surface area contributed by atoms with E-state index in [1.165, 1.54) is 19.2 Å². The van der Waals surface area contributed by atoms with Crippen LogP contribution in [0, 0.1) is 0 Å². The molecule has 0 aromatic heterocycles. The Morgan fingerprint density at radius 1 is 1.00 bits per heavy atom. The fourth-order valence-corrected chi connectivity index (χ4v) is 2.13. The van der Waals surface area contributed by atoms with Crippen LogP contribution in [-0.2, 0) is 4.74 Å². The smallest absolute Gasteiger partial charge is 0.409 e. The molecule has 2 rings (SSSR count). The second kappa shape index (κ2) is 7.14. The van der Waals surface area contributed by atoms with Crippen molar-refractivity contribution >= 4 is 29.5 Å². The summed E-state index contributed by atoms with van der Waals surface area (Å²) in [5.74, 6) is -0.479. The molecule has 2 aromatic rings. The van der Waals surface area contributed by atoms with E-state index in [0.717, 1.165) is 0 Å². The summed E-state index contributed by atoms with van der Waals surface area (Å²) in [4.78, 5) is 33.5. The number of anilines is 2. The van der Waals surface area contributed by atoms with Gasteiger partial charge in [0.15, 0.2) is 0 Å². The van der Waals surface area contributed by atoms with Crippen LogP contribution in [0.2, 0.25) is 0 Å². The zero-order valence-corrected chi connectivity index (χ0v) is 12.7. The summed E-state index contributed by atoms with van der Waals surface area (Å²) in [6, 6.07) is 10.5. The molecule has 0 saturated heterocycles. The Morgan fingerprint density at radius 2 is 1.71 bits per heavy atom. The average molecular weight is 329 g/mol. The van der Waals surface area contributed by atoms with Gasteiger partial charge in [0.2, 0.25) is 0 Å². The van der Waals surface area contributed by atoms with Gasteiger partial charge in [-0.1, -0.05) is 18.2 Å². The van der Waals surface area contributed by atoms with E-state index in [9.17, 15) is 14.4 Å². The zero-order chi connectivity index (χ0) is 17.7. The highest BCUT2D eigenvalue weighted by atomic mass is 16.5. The monoisotopic (exact) mass is 329 g/mol. The molecule has 0 radical (unpaired) electrons. The number of rotatable bonds is 4. The quantitative estimate of drug-likeness (QED) is 0.641. The van der Waals surface area contributed by atoms with Crippen molar-refractivity contribution < 1.29 is 24.2 Å². The van der Waals surface area contributed by atoms with Crippen molar-refractivity contribution in [2.45, 2.75) is 0 Å². The molecule has 5 N–H and O–H groups in total. The lowest BCUT2D eigenvalue weighted by Crippen LogP contribution is -2.21. The number of esters is 1. The maximum Gasteiger partial charge on any atom is 0.409 e. The fourth-order valence-electron chi connectivity index (χ4n) is 2.13. The van der Waals surface area contributed by atoms with Crippen LogP contribution in [0.25, 0.3) is 11.1 Å². The number of urea groups is 1. The van der Waals surface area contributed by atoms with Crippen LogP contribution in [0.5, 0.6) is 0 Å². The largest absolute Gasteiger partial charge is 0.465 e. The number of carbonyl (C=O) groups is 3. The fraction of sp³-hybridized carbons (Fsp3) is 0.0625. The van der Waals surface area contributed by atoms with Crippen LogP contribution >= 0.6 is 0 Å². The molecule has 0 aliphatic carbocycles. The summed E-state index contributed by atoms with van der Waals surface area (Å²) in [6.45, 7) is 0. The maximum absolute atomic E-state index is 11.6. The molecule has 3 amide bonds. The second-order valence-electron chi connectivity index (χ2n) is 4.75. The van der Waals surface area contributed by atoms with Gasteiger partial charge in [-0.15, -0.1) is 0 Å². The zero-order valence-electron chi connectivity index (χ0n) is 12.7. The number of methoxy groups -OCH3 is 1. The molecule has 0 aliphatic heterocycles. The number of nitrogens with one attached hydrogen (secondary N) is 2. The van der Waals surface area contributed by atoms with Gasteiger partial charge < -0.3 is 20.9 Å². The molecule has 0 unspecified atom stereocenters. The molecule has 2 aromatic carbocycles. The number of carboxylic acid groups (broad SMARTS) is 1. The van der Waals surface area contributed by atoms with Crippen LogP contribution in [0.15, 0.2) is 42.5 Å². The number of hydrogen-bond acceptors (Lipinski definition) is 4. The van der Waals surface area contributed by atoms with Crippen LogP contribution in [0.3, 0.4) is 0 Å². The highest BCUT2D eigenvalue weighted by Gasteiger charge is 2.11. The molecule has 24 heavy (non-hydrogen) atoms. The van der Waals surface area contributed by atoms with Gasteiger partial charge in [0, 0.05) is 0 Å². The standard InChI is InChI=1S/C16H15N3O5/c1-24-14(20)11-4-2-3-9(7-11)10-5-6-12(18-15(17)21)13(8-10)19-16(22)23/h2-8,19H,1H3,(H,22,23)(H3,17,18,21). The van der Waals surface area contributed by atoms with E-state index < -0.39 is 18.1 Å². The minimum Gasteiger partial charge on any atom is -0.465 e. The van der Waals surface area contributed by atoms with E-state index in [2.05, 4.69) is 15.4 Å². The number of ether oxygens (including phenoxy) is 1. The Bertz CT molecular complexity index is 804. The Hall–Kier alpha value is -3.55. The lowest BCUT2D eigenvalue weighted by atomic mass is 10.0. The Labute approximate surface area is 137 Å². The number of amides is 3. The van der Waals surface area contributed by atoms with Crippen LogP contribution < -0.4 is 16.4 Å². The molecule has 0 bridgehead atoms. The van der Waals surface area contributed by atoms with Gasteiger partial charge in [-0.05, 0) is 35.4 Å². The van der Waals surface area contributed by atoms with Gasteiger partial charge in [-0.3, -0.25) is 5.32 Å². The van der Waals surface area contributed by atoms with Crippen LogP contribution in [0.1, 0.15) is 10.4 Å². The first-order valence-electron chi connectivity index (χ1n) is 6.80.